The summed E-state index contributed by atoms with van der Waals surface area (Å²) in [6, 6.07) is 70.1. The molecule has 0 fully saturated rings. The second kappa shape index (κ2) is 12.3. The molecule has 0 atom stereocenters. The molecular weight excluding hydrogens is 673 g/mol. The first kappa shape index (κ1) is 31.0. The van der Waals surface area contributed by atoms with Crippen LogP contribution in [0.1, 0.15) is 22.3 Å². The van der Waals surface area contributed by atoms with E-state index < -0.39 is 5.41 Å². The Morgan fingerprint density at radius 2 is 0.852 bits per heavy atom. The summed E-state index contributed by atoms with van der Waals surface area (Å²) >= 11 is 1.86. The third-order valence-corrected chi connectivity index (χ3v) is 12.4. The van der Waals surface area contributed by atoms with E-state index in [4.69, 9.17) is 9.97 Å². The van der Waals surface area contributed by atoms with Crippen molar-refractivity contribution in [2.75, 3.05) is 0 Å². The van der Waals surface area contributed by atoms with Gasteiger partial charge >= 0.3 is 0 Å². The molecule has 1 aliphatic carbocycles. The Morgan fingerprint density at radius 1 is 0.352 bits per heavy atom. The predicted molar refractivity (Wildman–Crippen MR) is 223 cm³/mol. The first-order chi connectivity index (χ1) is 26.8. The van der Waals surface area contributed by atoms with Crippen LogP contribution < -0.4 is 0 Å². The van der Waals surface area contributed by atoms with Crippen LogP contribution in [0.5, 0.6) is 0 Å². The summed E-state index contributed by atoms with van der Waals surface area (Å²) in [7, 11) is 0. The highest BCUT2D eigenvalue weighted by Crippen LogP contribution is 2.63. The quantitative estimate of drug-likeness (QED) is 0.182. The van der Waals surface area contributed by atoms with Gasteiger partial charge in [-0.1, -0.05) is 194 Å². The van der Waals surface area contributed by atoms with Crippen LogP contribution in [0.25, 0.3) is 66.9 Å². The first-order valence-corrected chi connectivity index (χ1v) is 19.2. The van der Waals surface area contributed by atoms with E-state index in [1.807, 2.05) is 17.8 Å². The normalized spacial score (nSPS) is 13.3. The second-order valence-electron chi connectivity index (χ2n) is 14.0. The van der Waals surface area contributed by atoms with Crippen molar-refractivity contribution >= 4 is 22.5 Å². The Kier molecular flexibility index (Phi) is 7.05. The molecule has 0 amide bonds. The number of rotatable bonds is 4. The minimum Gasteiger partial charge on any atom is -0.228 e. The van der Waals surface area contributed by atoms with Crippen molar-refractivity contribution in [3.05, 3.63) is 216 Å². The molecule has 0 radical (unpaired) electrons. The van der Waals surface area contributed by atoms with Crippen LogP contribution in [0.3, 0.4) is 0 Å². The largest absolute Gasteiger partial charge is 0.228 e. The molecule has 2 nitrogen and oxygen atoms in total. The molecule has 1 spiro atoms. The average molecular weight is 705 g/mol. The lowest BCUT2D eigenvalue weighted by Gasteiger charge is -2.40. The van der Waals surface area contributed by atoms with Crippen molar-refractivity contribution in [3.8, 4) is 56.2 Å². The predicted octanol–water partition coefficient (Wildman–Crippen LogP) is 13.1. The average Bonchev–Trinajstić information content (AvgIpc) is 3.54. The van der Waals surface area contributed by atoms with Gasteiger partial charge in [0.25, 0.3) is 0 Å². The van der Waals surface area contributed by atoms with E-state index in [1.54, 1.807) is 0 Å². The number of hydrogen-bond donors (Lipinski definition) is 0. The van der Waals surface area contributed by atoms with Gasteiger partial charge in [-0.3, -0.25) is 0 Å². The van der Waals surface area contributed by atoms with Gasteiger partial charge in [-0.05, 0) is 67.4 Å². The van der Waals surface area contributed by atoms with Crippen molar-refractivity contribution < 1.29 is 0 Å². The minimum absolute atomic E-state index is 0.456. The summed E-state index contributed by atoms with van der Waals surface area (Å²) in [5, 5.41) is 2.37. The Balaban J connectivity index is 1.18. The van der Waals surface area contributed by atoms with Crippen molar-refractivity contribution in [3.63, 3.8) is 0 Å². The summed E-state index contributed by atoms with van der Waals surface area (Å²) in [5.41, 5.74) is 14.8. The van der Waals surface area contributed by atoms with Crippen LogP contribution >= 0.6 is 11.8 Å². The van der Waals surface area contributed by atoms with Gasteiger partial charge in [0, 0.05) is 26.5 Å². The summed E-state index contributed by atoms with van der Waals surface area (Å²) in [4.78, 5) is 13.2. The van der Waals surface area contributed by atoms with Crippen LogP contribution in [0.15, 0.2) is 204 Å². The molecule has 54 heavy (non-hydrogen) atoms. The van der Waals surface area contributed by atoms with Crippen LogP contribution in [0.4, 0.5) is 0 Å². The lowest BCUT2D eigenvalue weighted by atomic mass is 9.67. The van der Waals surface area contributed by atoms with Crippen LogP contribution in [-0.4, -0.2) is 9.97 Å². The maximum Gasteiger partial charge on any atom is 0.160 e. The maximum absolute atomic E-state index is 5.39. The minimum atomic E-state index is -0.456. The van der Waals surface area contributed by atoms with Crippen molar-refractivity contribution in [1.82, 2.24) is 9.97 Å². The van der Waals surface area contributed by atoms with Gasteiger partial charge in [-0.25, -0.2) is 9.97 Å². The molecule has 11 rings (SSSR count). The van der Waals surface area contributed by atoms with Gasteiger partial charge in [-0.2, -0.15) is 0 Å². The maximum atomic E-state index is 5.39. The topological polar surface area (TPSA) is 25.8 Å². The molecule has 0 bridgehead atoms. The van der Waals surface area contributed by atoms with Crippen molar-refractivity contribution in [2.45, 2.75) is 15.2 Å². The van der Waals surface area contributed by atoms with E-state index in [0.717, 1.165) is 28.1 Å². The fourth-order valence-corrected chi connectivity index (χ4v) is 10.2. The highest BCUT2D eigenvalue weighted by molar-refractivity contribution is 7.99. The molecule has 1 aliphatic heterocycles. The van der Waals surface area contributed by atoms with Gasteiger partial charge in [0.15, 0.2) is 5.82 Å². The molecule has 0 N–H and O–H groups in total. The molecule has 0 saturated carbocycles. The summed E-state index contributed by atoms with van der Waals surface area (Å²) < 4.78 is 0. The number of aromatic nitrogens is 2. The van der Waals surface area contributed by atoms with Gasteiger partial charge in [0.1, 0.15) is 0 Å². The number of hydrogen-bond acceptors (Lipinski definition) is 3. The highest BCUT2D eigenvalue weighted by Gasteiger charge is 2.50. The fraction of sp³-hybridized carbons (Fsp3) is 0.0196. The van der Waals surface area contributed by atoms with E-state index in [2.05, 4.69) is 188 Å². The molecule has 2 heterocycles. The molecule has 0 saturated heterocycles. The van der Waals surface area contributed by atoms with Crippen LogP contribution in [0.2, 0.25) is 0 Å². The molecule has 3 heteroatoms. The number of nitrogens with zero attached hydrogens (tertiary/aromatic N) is 2. The third-order valence-electron chi connectivity index (χ3n) is 11.2. The molecular formula is C51H32N2S. The molecule has 252 valence electrons. The van der Waals surface area contributed by atoms with Crippen molar-refractivity contribution in [1.29, 1.82) is 0 Å². The monoisotopic (exact) mass is 704 g/mol. The number of benzene rings is 8. The van der Waals surface area contributed by atoms with Gasteiger partial charge < -0.3 is 0 Å². The van der Waals surface area contributed by atoms with Gasteiger partial charge in [0.05, 0.1) is 16.8 Å². The van der Waals surface area contributed by atoms with Gasteiger partial charge in [-0.15, -0.1) is 0 Å². The zero-order chi connectivity index (χ0) is 35.6. The highest BCUT2D eigenvalue weighted by atomic mass is 32.2. The zero-order valence-electron chi connectivity index (χ0n) is 29.3. The summed E-state index contributed by atoms with van der Waals surface area (Å²) in [6.45, 7) is 0. The SMILES string of the molecule is c1ccc(-c2nc(-c3cccc4c3Sc3ccccc3C43c4ccccc4-c4ccccc43)cc(-c3ccc(-c4ccccc4)c4ccccc34)n2)cc1. The summed E-state index contributed by atoms with van der Waals surface area (Å²) in [6.07, 6.45) is 0. The lowest BCUT2D eigenvalue weighted by molar-refractivity contribution is 0.723. The van der Waals surface area contributed by atoms with E-state index in [-0.39, 0.29) is 0 Å². The lowest BCUT2D eigenvalue weighted by Crippen LogP contribution is -2.32. The number of fused-ring (bicyclic) bond motifs is 10. The second-order valence-corrected chi connectivity index (χ2v) is 15.1. The van der Waals surface area contributed by atoms with E-state index in [1.165, 1.54) is 65.1 Å². The standard InChI is InChI=1S/C51H32N2S/c1-3-16-33(17-4-1)35-30-31-40(37-21-8-7-20-36(35)37)46-32-47(53-50(52-46)34-18-5-2-6-19-34)41-24-15-28-45-49(41)54-48-29-14-13-27-44(48)51(45)42-25-11-9-22-38(42)39-23-10-12-26-43(39)51/h1-32H. The Morgan fingerprint density at radius 3 is 1.56 bits per heavy atom. The summed E-state index contributed by atoms with van der Waals surface area (Å²) in [5.74, 6) is 0.712. The van der Waals surface area contributed by atoms with Gasteiger partial charge in [0.2, 0.25) is 0 Å². The Hall–Kier alpha value is -6.55. The van der Waals surface area contributed by atoms with Crippen LogP contribution in [-0.2, 0) is 5.41 Å². The van der Waals surface area contributed by atoms with E-state index in [0.29, 0.717) is 5.82 Å². The fourth-order valence-electron chi connectivity index (χ4n) is 8.91. The molecule has 9 aromatic rings. The van der Waals surface area contributed by atoms with Crippen molar-refractivity contribution in [2.24, 2.45) is 0 Å². The molecule has 2 aliphatic rings. The molecule has 8 aromatic carbocycles. The van der Waals surface area contributed by atoms with E-state index in [9.17, 15) is 0 Å². The molecule has 0 unspecified atom stereocenters. The molecule has 1 aromatic heterocycles. The zero-order valence-corrected chi connectivity index (χ0v) is 30.1. The third kappa shape index (κ3) is 4.55. The smallest absolute Gasteiger partial charge is 0.160 e. The Bertz CT molecular complexity index is 2870. The Labute approximate surface area is 318 Å². The first-order valence-electron chi connectivity index (χ1n) is 18.4. The van der Waals surface area contributed by atoms with E-state index >= 15 is 0 Å². The van der Waals surface area contributed by atoms with Crippen LogP contribution in [0, 0.1) is 0 Å².